The predicted molar refractivity (Wildman–Crippen MR) is 60.8 cm³/mol. The third-order valence-electron chi connectivity index (χ3n) is 2.26. The van der Waals surface area contributed by atoms with Crippen molar-refractivity contribution in [2.75, 3.05) is 14.2 Å². The zero-order valence-electron chi connectivity index (χ0n) is 10.2. The third kappa shape index (κ3) is 4.00. The second-order valence-electron chi connectivity index (χ2n) is 3.54. The molecular formula is C11H19N3O2. The second kappa shape index (κ2) is 6.98. The first-order chi connectivity index (χ1) is 7.80. The number of unbranched alkanes of at least 4 members (excludes halogenated alkanes) is 3. The number of aryl methyl sites for hydroxylation is 1. The first kappa shape index (κ1) is 12.7. The Morgan fingerprint density at radius 2 is 1.50 bits per heavy atom. The van der Waals surface area contributed by atoms with Gasteiger partial charge in [-0.2, -0.15) is 9.97 Å². The van der Waals surface area contributed by atoms with E-state index < -0.39 is 0 Å². The second-order valence-corrected chi connectivity index (χ2v) is 3.54. The van der Waals surface area contributed by atoms with Crippen LogP contribution in [0.1, 0.15) is 38.4 Å². The number of aromatic nitrogens is 3. The highest BCUT2D eigenvalue weighted by Gasteiger charge is 2.06. The molecule has 0 fully saturated rings. The lowest BCUT2D eigenvalue weighted by Crippen LogP contribution is -2.03. The van der Waals surface area contributed by atoms with Crippen LogP contribution in [0, 0.1) is 0 Å². The van der Waals surface area contributed by atoms with Gasteiger partial charge >= 0.3 is 12.0 Å². The van der Waals surface area contributed by atoms with Crippen molar-refractivity contribution in [3.05, 3.63) is 5.82 Å². The van der Waals surface area contributed by atoms with Gasteiger partial charge in [0.25, 0.3) is 0 Å². The fourth-order valence-corrected chi connectivity index (χ4v) is 1.38. The summed E-state index contributed by atoms with van der Waals surface area (Å²) in [6.45, 7) is 2.19. The van der Waals surface area contributed by atoms with Gasteiger partial charge in [0.15, 0.2) is 0 Å². The highest BCUT2D eigenvalue weighted by molar-refractivity contribution is 5.05. The SMILES string of the molecule is CCCCCCc1nc(OC)nc(OC)n1. The molecule has 1 heterocycles. The molecule has 0 aliphatic heterocycles. The van der Waals surface area contributed by atoms with Gasteiger partial charge in [-0.3, -0.25) is 0 Å². The normalized spacial score (nSPS) is 10.2. The molecule has 1 aromatic rings. The largest absolute Gasteiger partial charge is 0.467 e. The molecule has 0 atom stereocenters. The minimum Gasteiger partial charge on any atom is -0.467 e. The average molecular weight is 225 g/mol. The summed E-state index contributed by atoms with van der Waals surface area (Å²) >= 11 is 0. The Morgan fingerprint density at radius 1 is 0.875 bits per heavy atom. The van der Waals surface area contributed by atoms with E-state index in [-0.39, 0.29) is 0 Å². The molecule has 0 aromatic carbocycles. The summed E-state index contributed by atoms with van der Waals surface area (Å²) in [5.74, 6) is 0.736. The van der Waals surface area contributed by atoms with Gasteiger partial charge in [0.2, 0.25) is 0 Å². The third-order valence-corrected chi connectivity index (χ3v) is 2.26. The average Bonchev–Trinajstić information content (AvgIpc) is 2.34. The summed E-state index contributed by atoms with van der Waals surface area (Å²) in [4.78, 5) is 12.3. The molecule has 0 N–H and O–H groups in total. The summed E-state index contributed by atoms with van der Waals surface area (Å²) < 4.78 is 9.97. The van der Waals surface area contributed by atoms with Crippen LogP contribution in [-0.4, -0.2) is 29.2 Å². The highest BCUT2D eigenvalue weighted by atomic mass is 16.5. The lowest BCUT2D eigenvalue weighted by molar-refractivity contribution is 0.336. The molecule has 0 bridgehead atoms. The van der Waals surface area contributed by atoms with Crippen LogP contribution in [-0.2, 0) is 6.42 Å². The number of ether oxygens (including phenoxy) is 2. The first-order valence-corrected chi connectivity index (χ1v) is 5.63. The van der Waals surface area contributed by atoms with Crippen LogP contribution < -0.4 is 9.47 Å². The number of methoxy groups -OCH3 is 2. The van der Waals surface area contributed by atoms with Crippen molar-refractivity contribution >= 4 is 0 Å². The number of nitrogens with zero attached hydrogens (tertiary/aromatic N) is 3. The van der Waals surface area contributed by atoms with Crippen molar-refractivity contribution in [1.82, 2.24) is 15.0 Å². The van der Waals surface area contributed by atoms with Gasteiger partial charge in [-0.1, -0.05) is 26.2 Å². The molecule has 0 spiro atoms. The van der Waals surface area contributed by atoms with E-state index in [1.165, 1.54) is 33.5 Å². The van der Waals surface area contributed by atoms with Gasteiger partial charge in [0.1, 0.15) is 5.82 Å². The van der Waals surface area contributed by atoms with Gasteiger partial charge in [-0.05, 0) is 6.42 Å². The molecule has 1 aromatic heterocycles. The molecule has 1 rings (SSSR count). The lowest BCUT2D eigenvalue weighted by Gasteiger charge is -2.04. The smallest absolute Gasteiger partial charge is 0.322 e. The Bertz CT molecular complexity index is 296. The maximum Gasteiger partial charge on any atom is 0.322 e. The number of hydrogen-bond donors (Lipinski definition) is 0. The van der Waals surface area contributed by atoms with E-state index in [9.17, 15) is 0 Å². The highest BCUT2D eigenvalue weighted by Crippen LogP contribution is 2.11. The molecule has 0 amide bonds. The van der Waals surface area contributed by atoms with Crippen LogP contribution in [0.3, 0.4) is 0 Å². The lowest BCUT2D eigenvalue weighted by atomic mass is 10.1. The Balaban J connectivity index is 2.57. The Hall–Kier alpha value is -1.39. The Labute approximate surface area is 96.2 Å². The van der Waals surface area contributed by atoms with E-state index in [1.807, 2.05) is 0 Å². The first-order valence-electron chi connectivity index (χ1n) is 5.63. The fraction of sp³-hybridized carbons (Fsp3) is 0.727. The monoisotopic (exact) mass is 225 g/mol. The van der Waals surface area contributed by atoms with Crippen LogP contribution in [0.4, 0.5) is 0 Å². The predicted octanol–water partition coefficient (Wildman–Crippen LogP) is 2.01. The molecule has 0 saturated carbocycles. The fourth-order valence-electron chi connectivity index (χ4n) is 1.38. The summed E-state index contributed by atoms with van der Waals surface area (Å²) in [7, 11) is 3.07. The van der Waals surface area contributed by atoms with E-state index >= 15 is 0 Å². The van der Waals surface area contributed by atoms with E-state index in [2.05, 4.69) is 21.9 Å². The summed E-state index contributed by atoms with van der Waals surface area (Å²) in [6, 6.07) is 0.634. The molecule has 0 aliphatic carbocycles. The van der Waals surface area contributed by atoms with Gasteiger partial charge in [0.05, 0.1) is 14.2 Å². The van der Waals surface area contributed by atoms with Crippen molar-refractivity contribution in [3.8, 4) is 12.0 Å². The maximum absolute atomic E-state index is 4.98. The molecule has 5 heteroatoms. The van der Waals surface area contributed by atoms with Crippen molar-refractivity contribution in [2.24, 2.45) is 0 Å². The van der Waals surface area contributed by atoms with Gasteiger partial charge in [-0.25, -0.2) is 0 Å². The van der Waals surface area contributed by atoms with Gasteiger partial charge in [-0.15, -0.1) is 4.98 Å². The van der Waals surface area contributed by atoms with E-state index in [1.54, 1.807) is 0 Å². The van der Waals surface area contributed by atoms with Crippen LogP contribution in [0.15, 0.2) is 0 Å². The van der Waals surface area contributed by atoms with Crippen molar-refractivity contribution in [3.63, 3.8) is 0 Å². The molecule has 0 aliphatic rings. The Kier molecular flexibility index (Phi) is 5.53. The maximum atomic E-state index is 4.98. The standard InChI is InChI=1S/C11H19N3O2/c1-4-5-6-7-8-9-12-10(15-2)14-11(13-9)16-3/h4-8H2,1-3H3. The van der Waals surface area contributed by atoms with Crippen molar-refractivity contribution < 1.29 is 9.47 Å². The minimum atomic E-state index is 0.317. The Morgan fingerprint density at radius 3 is 2.00 bits per heavy atom. The minimum absolute atomic E-state index is 0.317. The van der Waals surface area contributed by atoms with E-state index in [0.29, 0.717) is 12.0 Å². The topological polar surface area (TPSA) is 57.1 Å². The molecule has 0 saturated heterocycles. The molecule has 16 heavy (non-hydrogen) atoms. The zero-order chi connectivity index (χ0) is 11.8. The molecular weight excluding hydrogens is 206 g/mol. The quantitative estimate of drug-likeness (QED) is 0.664. The van der Waals surface area contributed by atoms with E-state index in [0.717, 1.165) is 18.7 Å². The zero-order valence-corrected chi connectivity index (χ0v) is 10.2. The molecule has 5 nitrogen and oxygen atoms in total. The van der Waals surface area contributed by atoms with Gasteiger partial charge in [0, 0.05) is 6.42 Å². The van der Waals surface area contributed by atoms with Crippen LogP contribution >= 0.6 is 0 Å². The molecule has 0 unspecified atom stereocenters. The van der Waals surface area contributed by atoms with Crippen LogP contribution in [0.25, 0.3) is 0 Å². The number of rotatable bonds is 7. The van der Waals surface area contributed by atoms with E-state index in [4.69, 9.17) is 9.47 Å². The van der Waals surface area contributed by atoms with Crippen molar-refractivity contribution in [2.45, 2.75) is 39.0 Å². The summed E-state index contributed by atoms with van der Waals surface area (Å²) in [6.07, 6.45) is 5.61. The van der Waals surface area contributed by atoms with Gasteiger partial charge < -0.3 is 9.47 Å². The van der Waals surface area contributed by atoms with Crippen molar-refractivity contribution in [1.29, 1.82) is 0 Å². The summed E-state index contributed by atoms with van der Waals surface area (Å²) in [5.41, 5.74) is 0. The number of hydrogen-bond acceptors (Lipinski definition) is 5. The molecule has 90 valence electrons. The summed E-state index contributed by atoms with van der Waals surface area (Å²) in [5, 5.41) is 0. The van der Waals surface area contributed by atoms with Crippen LogP contribution in [0.5, 0.6) is 12.0 Å². The van der Waals surface area contributed by atoms with Crippen LogP contribution in [0.2, 0.25) is 0 Å². The molecule has 0 radical (unpaired) electrons.